The van der Waals surface area contributed by atoms with Crippen LogP contribution in [0, 0.1) is 11.8 Å². The van der Waals surface area contributed by atoms with Crippen molar-refractivity contribution < 1.29 is 5.11 Å². The monoisotopic (exact) mass is 274 g/mol. The minimum atomic E-state index is -0.296. The van der Waals surface area contributed by atoms with Gasteiger partial charge in [0.2, 0.25) is 0 Å². The molecule has 1 nitrogen and oxygen atoms in total. The lowest BCUT2D eigenvalue weighted by molar-refractivity contribution is 0.0440. The highest BCUT2D eigenvalue weighted by atomic mass is 16.3. The Morgan fingerprint density at radius 2 is 1.80 bits per heavy atom. The Balaban J connectivity index is 2.31. The van der Waals surface area contributed by atoms with E-state index in [1.165, 1.54) is 37.7 Å². The summed E-state index contributed by atoms with van der Waals surface area (Å²) < 4.78 is 0. The highest BCUT2D eigenvalue weighted by Gasteiger charge is 2.32. The molecule has 0 amide bonds. The van der Waals surface area contributed by atoms with Crippen LogP contribution in [-0.2, 0) is 5.41 Å². The van der Waals surface area contributed by atoms with Crippen LogP contribution in [0.1, 0.15) is 77.0 Å². The van der Waals surface area contributed by atoms with E-state index in [-0.39, 0.29) is 11.5 Å². The second-order valence-corrected chi connectivity index (χ2v) is 7.40. The van der Waals surface area contributed by atoms with Crippen molar-refractivity contribution in [3.63, 3.8) is 0 Å². The molecule has 1 N–H and O–H groups in total. The van der Waals surface area contributed by atoms with Crippen LogP contribution in [0.3, 0.4) is 0 Å². The summed E-state index contributed by atoms with van der Waals surface area (Å²) in [6.07, 6.45) is 5.97. The van der Waals surface area contributed by atoms with E-state index in [9.17, 15) is 5.11 Å². The summed E-state index contributed by atoms with van der Waals surface area (Å²) in [6, 6.07) is 8.47. The maximum Gasteiger partial charge on any atom is 0.0823 e. The number of hydrogen-bond donors (Lipinski definition) is 1. The Morgan fingerprint density at radius 3 is 2.45 bits per heavy atom. The van der Waals surface area contributed by atoms with E-state index in [2.05, 4.69) is 52.0 Å². The zero-order valence-electron chi connectivity index (χ0n) is 13.5. The highest BCUT2D eigenvalue weighted by molar-refractivity contribution is 5.34. The molecule has 0 radical (unpaired) electrons. The maximum absolute atomic E-state index is 11.0. The molecule has 0 aromatic heterocycles. The minimum absolute atomic E-state index is 0.0912. The lowest BCUT2D eigenvalue weighted by atomic mass is 9.71. The van der Waals surface area contributed by atoms with Crippen molar-refractivity contribution in [3.8, 4) is 0 Å². The smallest absolute Gasteiger partial charge is 0.0823 e. The van der Waals surface area contributed by atoms with Crippen molar-refractivity contribution in [1.29, 1.82) is 0 Å². The average molecular weight is 274 g/mol. The normalized spacial score (nSPS) is 25.4. The molecule has 0 saturated heterocycles. The molecule has 1 saturated carbocycles. The fourth-order valence-corrected chi connectivity index (χ4v) is 3.83. The topological polar surface area (TPSA) is 20.2 Å². The molecule has 2 rings (SSSR count). The Kier molecular flexibility index (Phi) is 4.90. The Bertz CT molecular complexity index is 430. The maximum atomic E-state index is 11.0. The number of rotatable bonds is 3. The summed E-state index contributed by atoms with van der Waals surface area (Å²) in [4.78, 5) is 0. The van der Waals surface area contributed by atoms with Crippen LogP contribution in [-0.4, -0.2) is 5.11 Å². The van der Waals surface area contributed by atoms with E-state index in [0.29, 0.717) is 11.8 Å². The third kappa shape index (κ3) is 3.25. The summed E-state index contributed by atoms with van der Waals surface area (Å²) >= 11 is 0. The minimum Gasteiger partial charge on any atom is -0.388 e. The quantitative estimate of drug-likeness (QED) is 0.799. The van der Waals surface area contributed by atoms with Crippen molar-refractivity contribution in [2.75, 3.05) is 0 Å². The zero-order chi connectivity index (χ0) is 14.8. The summed E-state index contributed by atoms with van der Waals surface area (Å²) in [6.45, 7) is 8.97. The van der Waals surface area contributed by atoms with E-state index < -0.39 is 0 Å². The highest BCUT2D eigenvalue weighted by Crippen LogP contribution is 2.42. The van der Waals surface area contributed by atoms with Crippen molar-refractivity contribution >= 4 is 0 Å². The van der Waals surface area contributed by atoms with Crippen molar-refractivity contribution in [2.24, 2.45) is 11.8 Å². The molecule has 1 aromatic rings. The molecule has 1 fully saturated rings. The van der Waals surface area contributed by atoms with Crippen molar-refractivity contribution in [1.82, 2.24) is 0 Å². The second kappa shape index (κ2) is 6.30. The van der Waals surface area contributed by atoms with Gasteiger partial charge in [-0.15, -0.1) is 0 Å². The van der Waals surface area contributed by atoms with Gasteiger partial charge < -0.3 is 5.11 Å². The third-order valence-electron chi connectivity index (χ3n) is 4.99. The number of benzene rings is 1. The Labute approximate surface area is 124 Å². The second-order valence-electron chi connectivity index (χ2n) is 7.40. The van der Waals surface area contributed by atoms with E-state index in [1.54, 1.807) is 0 Å². The first-order valence-corrected chi connectivity index (χ1v) is 8.22. The van der Waals surface area contributed by atoms with E-state index in [4.69, 9.17) is 0 Å². The third-order valence-corrected chi connectivity index (χ3v) is 4.99. The van der Waals surface area contributed by atoms with Gasteiger partial charge in [-0.3, -0.25) is 0 Å². The van der Waals surface area contributed by atoms with Crippen LogP contribution in [0.25, 0.3) is 0 Å². The number of hydrogen-bond acceptors (Lipinski definition) is 1. The van der Waals surface area contributed by atoms with Gasteiger partial charge in [0.25, 0.3) is 0 Å². The fraction of sp³-hybridized carbons (Fsp3) is 0.684. The van der Waals surface area contributed by atoms with Gasteiger partial charge in [-0.2, -0.15) is 0 Å². The largest absolute Gasteiger partial charge is 0.388 e. The van der Waals surface area contributed by atoms with Crippen LogP contribution in [0.2, 0.25) is 0 Å². The molecule has 1 aliphatic carbocycles. The molecule has 3 atom stereocenters. The summed E-state index contributed by atoms with van der Waals surface area (Å²) in [5.41, 5.74) is 2.55. The van der Waals surface area contributed by atoms with Gasteiger partial charge in [0.05, 0.1) is 6.10 Å². The summed E-state index contributed by atoms with van der Waals surface area (Å²) in [5.74, 6) is 1.13. The standard InChI is InChI=1S/C19H30O/c1-5-14-10-6-7-11-15(14)18(20)16-12-8-9-13-17(16)19(2,3)4/h8-9,12-15,18,20H,5-7,10-11H2,1-4H3. The van der Waals surface area contributed by atoms with Crippen molar-refractivity contribution in [2.45, 2.75) is 71.3 Å². The van der Waals surface area contributed by atoms with Gasteiger partial charge in [-0.05, 0) is 34.8 Å². The molecule has 0 bridgehead atoms. The SMILES string of the molecule is CCC1CCCCC1C(O)c1ccccc1C(C)(C)C. The van der Waals surface area contributed by atoms with E-state index >= 15 is 0 Å². The molecule has 20 heavy (non-hydrogen) atoms. The molecule has 1 aromatic carbocycles. The number of aliphatic hydroxyl groups excluding tert-OH is 1. The number of aliphatic hydroxyl groups is 1. The molecule has 1 aliphatic rings. The Morgan fingerprint density at radius 1 is 1.15 bits per heavy atom. The summed E-state index contributed by atoms with van der Waals surface area (Å²) in [7, 11) is 0. The van der Waals surface area contributed by atoms with Crippen LogP contribution < -0.4 is 0 Å². The molecular weight excluding hydrogens is 244 g/mol. The van der Waals surface area contributed by atoms with Crippen LogP contribution >= 0.6 is 0 Å². The van der Waals surface area contributed by atoms with Gasteiger partial charge in [0.15, 0.2) is 0 Å². The molecule has 112 valence electrons. The van der Waals surface area contributed by atoms with Gasteiger partial charge in [-0.25, -0.2) is 0 Å². The van der Waals surface area contributed by atoms with Gasteiger partial charge in [0, 0.05) is 0 Å². The first kappa shape index (κ1) is 15.6. The van der Waals surface area contributed by atoms with E-state index in [0.717, 1.165) is 5.56 Å². The fourth-order valence-electron chi connectivity index (χ4n) is 3.83. The predicted octanol–water partition coefficient (Wildman–Crippen LogP) is 5.23. The van der Waals surface area contributed by atoms with Gasteiger partial charge in [0.1, 0.15) is 0 Å². The molecule has 1 heteroatoms. The average Bonchev–Trinajstić information content (AvgIpc) is 2.45. The lowest BCUT2D eigenvalue weighted by Gasteiger charge is -2.36. The van der Waals surface area contributed by atoms with E-state index in [1.807, 2.05) is 0 Å². The summed E-state index contributed by atoms with van der Waals surface area (Å²) in [5, 5.41) is 11.0. The van der Waals surface area contributed by atoms with Crippen LogP contribution in [0.4, 0.5) is 0 Å². The molecule has 3 unspecified atom stereocenters. The van der Waals surface area contributed by atoms with Gasteiger partial charge >= 0.3 is 0 Å². The van der Waals surface area contributed by atoms with Gasteiger partial charge in [-0.1, -0.05) is 77.6 Å². The Hall–Kier alpha value is -0.820. The van der Waals surface area contributed by atoms with Crippen molar-refractivity contribution in [3.05, 3.63) is 35.4 Å². The first-order valence-electron chi connectivity index (χ1n) is 8.22. The van der Waals surface area contributed by atoms with Crippen LogP contribution in [0.5, 0.6) is 0 Å². The molecule has 0 heterocycles. The molecule has 0 aliphatic heterocycles. The first-order chi connectivity index (χ1) is 9.45. The zero-order valence-corrected chi connectivity index (χ0v) is 13.5. The predicted molar refractivity (Wildman–Crippen MR) is 85.8 cm³/mol. The lowest BCUT2D eigenvalue weighted by Crippen LogP contribution is -2.27. The van der Waals surface area contributed by atoms with Crippen LogP contribution in [0.15, 0.2) is 24.3 Å². The molecular formula is C19H30O. The molecule has 0 spiro atoms.